The van der Waals surface area contributed by atoms with Gasteiger partial charge in [0.05, 0.1) is 13.2 Å². The molecule has 1 fully saturated rings. The van der Waals surface area contributed by atoms with E-state index < -0.39 is 0 Å². The van der Waals surface area contributed by atoms with E-state index in [1.165, 1.54) is 0 Å². The number of likely N-dealkylation sites (N-methyl/N-ethyl adjacent to an activating group) is 1. The van der Waals surface area contributed by atoms with Gasteiger partial charge in [-0.2, -0.15) is 0 Å². The first-order valence-corrected chi connectivity index (χ1v) is 7.23. The van der Waals surface area contributed by atoms with E-state index in [0.29, 0.717) is 12.5 Å². The molecule has 1 aromatic carbocycles. The molecule has 4 heteroatoms. The number of ether oxygens (including phenoxy) is 1. The van der Waals surface area contributed by atoms with E-state index in [-0.39, 0.29) is 11.9 Å². The predicted molar refractivity (Wildman–Crippen MR) is 79.7 cm³/mol. The molecule has 1 aliphatic rings. The van der Waals surface area contributed by atoms with Gasteiger partial charge in [-0.25, -0.2) is 0 Å². The van der Waals surface area contributed by atoms with Crippen LogP contribution in [-0.2, 0) is 11.3 Å². The van der Waals surface area contributed by atoms with E-state index in [1.807, 2.05) is 31.3 Å². The number of nitrogens with zero attached hydrogens (tertiary/aromatic N) is 1. The monoisotopic (exact) mass is 276 g/mol. The highest BCUT2D eigenvalue weighted by Gasteiger charge is 2.29. The number of benzene rings is 1. The molecule has 1 saturated heterocycles. The number of rotatable bonds is 4. The first-order valence-electron chi connectivity index (χ1n) is 7.23. The molecule has 2 unspecified atom stereocenters. The van der Waals surface area contributed by atoms with Crippen molar-refractivity contribution >= 4 is 5.91 Å². The van der Waals surface area contributed by atoms with Gasteiger partial charge < -0.3 is 15.0 Å². The molecule has 0 aliphatic carbocycles. The van der Waals surface area contributed by atoms with Gasteiger partial charge in [0, 0.05) is 13.6 Å². The van der Waals surface area contributed by atoms with Crippen LogP contribution >= 0.6 is 0 Å². The zero-order valence-electron chi connectivity index (χ0n) is 12.6. The number of methoxy groups -OCH3 is 1. The van der Waals surface area contributed by atoms with Crippen LogP contribution in [0.4, 0.5) is 0 Å². The lowest BCUT2D eigenvalue weighted by Gasteiger charge is -2.32. The molecule has 4 nitrogen and oxygen atoms in total. The minimum Gasteiger partial charge on any atom is -0.497 e. The molecular formula is C16H24N2O2. The van der Waals surface area contributed by atoms with Crippen LogP contribution in [0.1, 0.15) is 25.3 Å². The van der Waals surface area contributed by atoms with Crippen molar-refractivity contribution < 1.29 is 9.53 Å². The highest BCUT2D eigenvalue weighted by atomic mass is 16.5. The van der Waals surface area contributed by atoms with E-state index in [1.54, 1.807) is 12.0 Å². The summed E-state index contributed by atoms with van der Waals surface area (Å²) in [5, 5.41) is 3.34. The van der Waals surface area contributed by atoms with Gasteiger partial charge in [0.1, 0.15) is 5.75 Å². The lowest BCUT2D eigenvalue weighted by atomic mass is 9.92. The number of carbonyl (C=O) groups excluding carboxylic acids is 1. The molecule has 0 bridgehead atoms. The van der Waals surface area contributed by atoms with Crippen molar-refractivity contribution in [2.45, 2.75) is 32.4 Å². The second-order valence-electron chi connectivity index (χ2n) is 5.60. The van der Waals surface area contributed by atoms with E-state index in [2.05, 4.69) is 12.2 Å². The van der Waals surface area contributed by atoms with Crippen LogP contribution in [0.25, 0.3) is 0 Å². The highest BCUT2D eigenvalue weighted by molar-refractivity contribution is 5.82. The fourth-order valence-corrected chi connectivity index (χ4v) is 2.74. The Morgan fingerprint density at radius 3 is 3.00 bits per heavy atom. The second kappa shape index (κ2) is 6.75. The van der Waals surface area contributed by atoms with Crippen molar-refractivity contribution in [1.29, 1.82) is 0 Å². The van der Waals surface area contributed by atoms with Crippen LogP contribution in [-0.4, -0.2) is 37.6 Å². The molecule has 2 rings (SSSR count). The summed E-state index contributed by atoms with van der Waals surface area (Å²) >= 11 is 0. The SMILES string of the molecule is COc1cccc(CN(C)C(=O)C2NCCCC2C)c1. The molecule has 2 atom stereocenters. The van der Waals surface area contributed by atoms with Gasteiger partial charge in [0.15, 0.2) is 0 Å². The van der Waals surface area contributed by atoms with Crippen LogP contribution in [0.15, 0.2) is 24.3 Å². The summed E-state index contributed by atoms with van der Waals surface area (Å²) in [6.07, 6.45) is 2.28. The quantitative estimate of drug-likeness (QED) is 0.915. The second-order valence-corrected chi connectivity index (χ2v) is 5.60. The molecular weight excluding hydrogens is 252 g/mol. The zero-order valence-corrected chi connectivity index (χ0v) is 12.6. The van der Waals surface area contributed by atoms with Gasteiger partial charge >= 0.3 is 0 Å². The van der Waals surface area contributed by atoms with Crippen molar-refractivity contribution in [3.63, 3.8) is 0 Å². The Morgan fingerprint density at radius 2 is 2.30 bits per heavy atom. The molecule has 1 N–H and O–H groups in total. The summed E-state index contributed by atoms with van der Waals surface area (Å²) in [6, 6.07) is 7.81. The van der Waals surface area contributed by atoms with E-state index in [4.69, 9.17) is 4.74 Å². The molecule has 0 aromatic heterocycles. The number of nitrogens with one attached hydrogen (secondary N) is 1. The fraction of sp³-hybridized carbons (Fsp3) is 0.562. The Labute approximate surface area is 121 Å². The number of amides is 1. The normalized spacial score (nSPS) is 22.4. The average molecular weight is 276 g/mol. The van der Waals surface area contributed by atoms with E-state index >= 15 is 0 Å². The van der Waals surface area contributed by atoms with Crippen molar-refractivity contribution in [2.24, 2.45) is 5.92 Å². The van der Waals surface area contributed by atoms with Crippen LogP contribution in [0.5, 0.6) is 5.75 Å². The predicted octanol–water partition coefficient (Wildman–Crippen LogP) is 2.04. The maximum absolute atomic E-state index is 12.5. The third-order valence-electron chi connectivity index (χ3n) is 3.97. The largest absolute Gasteiger partial charge is 0.497 e. The topological polar surface area (TPSA) is 41.6 Å². The van der Waals surface area contributed by atoms with Gasteiger partial charge in [-0.3, -0.25) is 4.79 Å². The van der Waals surface area contributed by atoms with Gasteiger partial charge in [-0.1, -0.05) is 19.1 Å². The third kappa shape index (κ3) is 3.51. The summed E-state index contributed by atoms with van der Waals surface area (Å²) < 4.78 is 5.21. The summed E-state index contributed by atoms with van der Waals surface area (Å²) in [5.41, 5.74) is 1.09. The average Bonchev–Trinajstić information content (AvgIpc) is 2.47. The number of piperidine rings is 1. The van der Waals surface area contributed by atoms with Crippen molar-refractivity contribution in [3.05, 3.63) is 29.8 Å². The minimum atomic E-state index is -0.0423. The summed E-state index contributed by atoms with van der Waals surface area (Å²) in [6.45, 7) is 3.70. The van der Waals surface area contributed by atoms with Crippen LogP contribution in [0.2, 0.25) is 0 Å². The highest BCUT2D eigenvalue weighted by Crippen LogP contribution is 2.19. The number of carbonyl (C=O) groups is 1. The van der Waals surface area contributed by atoms with Gasteiger partial charge in [-0.05, 0) is 43.0 Å². The standard InChI is InChI=1S/C16H24N2O2/c1-12-6-5-9-17-15(12)16(19)18(2)11-13-7-4-8-14(10-13)20-3/h4,7-8,10,12,15,17H,5-6,9,11H2,1-3H3. The number of hydrogen-bond acceptors (Lipinski definition) is 3. The zero-order chi connectivity index (χ0) is 14.5. The maximum atomic E-state index is 12.5. The smallest absolute Gasteiger partial charge is 0.240 e. The summed E-state index contributed by atoms with van der Waals surface area (Å²) in [7, 11) is 3.52. The molecule has 0 radical (unpaired) electrons. The molecule has 1 aliphatic heterocycles. The summed E-state index contributed by atoms with van der Waals surface area (Å²) in [4.78, 5) is 14.3. The third-order valence-corrected chi connectivity index (χ3v) is 3.97. The molecule has 1 amide bonds. The van der Waals surface area contributed by atoms with Crippen LogP contribution < -0.4 is 10.1 Å². The van der Waals surface area contributed by atoms with Gasteiger partial charge in [0.2, 0.25) is 5.91 Å². The Hall–Kier alpha value is -1.55. The molecule has 110 valence electrons. The molecule has 0 saturated carbocycles. The maximum Gasteiger partial charge on any atom is 0.240 e. The van der Waals surface area contributed by atoms with E-state index in [9.17, 15) is 4.79 Å². The summed E-state index contributed by atoms with van der Waals surface area (Å²) in [5.74, 6) is 1.41. The molecule has 1 heterocycles. The molecule has 20 heavy (non-hydrogen) atoms. The Balaban J connectivity index is 1.99. The van der Waals surface area contributed by atoms with Crippen LogP contribution in [0, 0.1) is 5.92 Å². The molecule has 0 spiro atoms. The van der Waals surface area contributed by atoms with Crippen molar-refractivity contribution in [1.82, 2.24) is 10.2 Å². The first-order chi connectivity index (χ1) is 9.61. The Morgan fingerprint density at radius 1 is 1.50 bits per heavy atom. The van der Waals surface area contributed by atoms with Crippen molar-refractivity contribution in [3.8, 4) is 5.75 Å². The minimum absolute atomic E-state index is 0.0423. The lowest BCUT2D eigenvalue weighted by Crippen LogP contribution is -2.51. The number of hydrogen-bond donors (Lipinski definition) is 1. The van der Waals surface area contributed by atoms with Gasteiger partial charge in [0.25, 0.3) is 0 Å². The fourth-order valence-electron chi connectivity index (χ4n) is 2.74. The van der Waals surface area contributed by atoms with Gasteiger partial charge in [-0.15, -0.1) is 0 Å². The van der Waals surface area contributed by atoms with E-state index in [0.717, 1.165) is 30.7 Å². The van der Waals surface area contributed by atoms with Crippen molar-refractivity contribution in [2.75, 3.05) is 20.7 Å². The first kappa shape index (κ1) is 14.9. The molecule has 1 aromatic rings. The van der Waals surface area contributed by atoms with Crippen LogP contribution in [0.3, 0.4) is 0 Å². The Bertz CT molecular complexity index is 462. The Kier molecular flexibility index (Phi) is 5.01. The lowest BCUT2D eigenvalue weighted by molar-refractivity contribution is -0.134.